The first kappa shape index (κ1) is 21.6. The molecule has 0 saturated heterocycles. The number of carbonyl (C=O) groups is 1. The van der Waals surface area contributed by atoms with Crippen molar-refractivity contribution >= 4 is 6.09 Å². The summed E-state index contributed by atoms with van der Waals surface area (Å²) < 4.78 is 7.83. The SMILES string of the molecule is CC(C)(C)OC(=O)N1Cc2ccccc2-n2c(nnc2C2CCC(c3ncccn3)CC2)C1. The third-order valence-electron chi connectivity index (χ3n) is 6.38. The van der Waals surface area contributed by atoms with Gasteiger partial charge >= 0.3 is 6.09 Å². The average molecular weight is 447 g/mol. The van der Waals surface area contributed by atoms with Crippen molar-refractivity contribution in [2.24, 2.45) is 0 Å². The van der Waals surface area contributed by atoms with Crippen LogP contribution in [0.2, 0.25) is 0 Å². The molecule has 3 heterocycles. The quantitative estimate of drug-likeness (QED) is 0.565. The lowest BCUT2D eigenvalue weighted by atomic mass is 9.81. The molecule has 172 valence electrons. The summed E-state index contributed by atoms with van der Waals surface area (Å²) in [6.07, 6.45) is 7.39. The van der Waals surface area contributed by atoms with Gasteiger partial charge in [0.2, 0.25) is 0 Å². The number of para-hydroxylation sites is 1. The molecule has 1 saturated carbocycles. The largest absolute Gasteiger partial charge is 0.444 e. The van der Waals surface area contributed by atoms with Gasteiger partial charge in [-0.3, -0.25) is 9.47 Å². The Morgan fingerprint density at radius 2 is 1.64 bits per heavy atom. The molecule has 0 bridgehead atoms. The molecule has 33 heavy (non-hydrogen) atoms. The van der Waals surface area contributed by atoms with Gasteiger partial charge in [-0.2, -0.15) is 0 Å². The van der Waals surface area contributed by atoms with Crippen molar-refractivity contribution in [1.82, 2.24) is 29.6 Å². The molecule has 0 radical (unpaired) electrons. The van der Waals surface area contributed by atoms with E-state index in [1.165, 1.54) is 0 Å². The average Bonchev–Trinajstić information content (AvgIpc) is 3.14. The van der Waals surface area contributed by atoms with Gasteiger partial charge in [0.1, 0.15) is 17.2 Å². The highest BCUT2D eigenvalue weighted by atomic mass is 16.6. The second-order valence-corrected chi connectivity index (χ2v) is 9.93. The Morgan fingerprint density at radius 3 is 2.36 bits per heavy atom. The van der Waals surface area contributed by atoms with Gasteiger partial charge in [0.05, 0.1) is 18.8 Å². The topological polar surface area (TPSA) is 86.0 Å². The number of nitrogens with zero attached hydrogens (tertiary/aromatic N) is 6. The van der Waals surface area contributed by atoms with Gasteiger partial charge in [0.15, 0.2) is 5.82 Å². The van der Waals surface area contributed by atoms with E-state index in [2.05, 4.69) is 36.9 Å². The van der Waals surface area contributed by atoms with Crippen molar-refractivity contribution in [3.63, 3.8) is 0 Å². The molecule has 2 aliphatic rings. The predicted molar refractivity (Wildman–Crippen MR) is 123 cm³/mol. The zero-order valence-electron chi connectivity index (χ0n) is 19.4. The number of rotatable bonds is 2. The maximum atomic E-state index is 12.9. The summed E-state index contributed by atoms with van der Waals surface area (Å²) in [5, 5.41) is 9.17. The Labute approximate surface area is 194 Å². The molecule has 0 unspecified atom stereocenters. The molecule has 1 fully saturated rings. The molecular formula is C25H30N6O2. The van der Waals surface area contributed by atoms with Crippen LogP contribution >= 0.6 is 0 Å². The Kier molecular flexibility index (Phi) is 5.60. The van der Waals surface area contributed by atoms with Crippen molar-refractivity contribution in [1.29, 1.82) is 0 Å². The molecule has 0 spiro atoms. The molecule has 1 aliphatic heterocycles. The molecule has 1 aliphatic carbocycles. The van der Waals surface area contributed by atoms with Crippen molar-refractivity contribution < 1.29 is 9.53 Å². The third-order valence-corrected chi connectivity index (χ3v) is 6.38. The number of ether oxygens (including phenoxy) is 1. The first-order chi connectivity index (χ1) is 15.9. The van der Waals surface area contributed by atoms with Crippen LogP contribution in [0.3, 0.4) is 0 Å². The van der Waals surface area contributed by atoms with Crippen LogP contribution in [0.15, 0.2) is 42.7 Å². The fourth-order valence-corrected chi connectivity index (χ4v) is 4.84. The predicted octanol–water partition coefficient (Wildman–Crippen LogP) is 4.75. The summed E-state index contributed by atoms with van der Waals surface area (Å²) >= 11 is 0. The lowest BCUT2D eigenvalue weighted by molar-refractivity contribution is 0.0214. The molecule has 5 rings (SSSR count). The van der Waals surface area contributed by atoms with E-state index in [4.69, 9.17) is 4.74 Å². The zero-order valence-corrected chi connectivity index (χ0v) is 19.4. The fraction of sp³-hybridized carbons (Fsp3) is 0.480. The van der Waals surface area contributed by atoms with Crippen molar-refractivity contribution in [3.05, 3.63) is 65.8 Å². The highest BCUT2D eigenvalue weighted by Gasteiger charge is 2.33. The van der Waals surface area contributed by atoms with Crippen LogP contribution in [0.4, 0.5) is 4.79 Å². The number of hydrogen-bond acceptors (Lipinski definition) is 6. The van der Waals surface area contributed by atoms with E-state index in [9.17, 15) is 4.79 Å². The van der Waals surface area contributed by atoms with Crippen LogP contribution in [-0.4, -0.2) is 41.3 Å². The summed E-state index contributed by atoms with van der Waals surface area (Å²) in [5.74, 6) is 3.40. The Balaban J connectivity index is 1.42. The maximum absolute atomic E-state index is 12.9. The normalized spacial score (nSPS) is 20.5. The molecule has 2 aromatic heterocycles. The maximum Gasteiger partial charge on any atom is 0.411 e. The molecule has 1 aromatic carbocycles. The third kappa shape index (κ3) is 4.47. The fourth-order valence-electron chi connectivity index (χ4n) is 4.84. The molecule has 3 aromatic rings. The minimum absolute atomic E-state index is 0.312. The number of hydrogen-bond donors (Lipinski definition) is 0. The number of aromatic nitrogens is 5. The highest BCUT2D eigenvalue weighted by Crippen LogP contribution is 2.40. The lowest BCUT2D eigenvalue weighted by Crippen LogP contribution is -2.35. The van der Waals surface area contributed by atoms with Crippen molar-refractivity contribution in [3.8, 4) is 5.69 Å². The number of carbonyl (C=O) groups excluding carboxylic acids is 1. The van der Waals surface area contributed by atoms with E-state index in [-0.39, 0.29) is 6.09 Å². The Hall–Kier alpha value is -3.29. The molecule has 8 heteroatoms. The molecule has 0 N–H and O–H groups in total. The monoisotopic (exact) mass is 446 g/mol. The van der Waals surface area contributed by atoms with E-state index in [0.717, 1.165) is 54.4 Å². The second kappa shape index (κ2) is 8.57. The van der Waals surface area contributed by atoms with Gasteiger partial charge in [-0.05, 0) is 64.2 Å². The lowest BCUT2D eigenvalue weighted by Gasteiger charge is -2.27. The van der Waals surface area contributed by atoms with Crippen LogP contribution in [0.1, 0.15) is 81.3 Å². The summed E-state index contributed by atoms with van der Waals surface area (Å²) in [7, 11) is 0. The number of fused-ring (bicyclic) bond motifs is 3. The molecule has 0 atom stereocenters. The van der Waals surface area contributed by atoms with Crippen LogP contribution in [0.25, 0.3) is 5.69 Å². The summed E-state index contributed by atoms with van der Waals surface area (Å²) in [4.78, 5) is 23.5. The van der Waals surface area contributed by atoms with Crippen LogP contribution in [-0.2, 0) is 17.8 Å². The summed E-state index contributed by atoms with van der Waals surface area (Å²) in [6.45, 7) is 6.49. The first-order valence-electron chi connectivity index (χ1n) is 11.7. The van der Waals surface area contributed by atoms with Crippen LogP contribution in [0, 0.1) is 0 Å². The smallest absolute Gasteiger partial charge is 0.411 e. The number of benzene rings is 1. The minimum Gasteiger partial charge on any atom is -0.444 e. The highest BCUT2D eigenvalue weighted by molar-refractivity contribution is 5.68. The van der Waals surface area contributed by atoms with E-state index in [1.54, 1.807) is 4.90 Å². The van der Waals surface area contributed by atoms with E-state index >= 15 is 0 Å². The number of amides is 1. The summed E-state index contributed by atoms with van der Waals surface area (Å²) in [5.41, 5.74) is 1.56. The van der Waals surface area contributed by atoms with Gasteiger partial charge in [-0.15, -0.1) is 10.2 Å². The second-order valence-electron chi connectivity index (χ2n) is 9.93. The molecule has 1 amide bonds. The first-order valence-corrected chi connectivity index (χ1v) is 11.7. The van der Waals surface area contributed by atoms with E-state index < -0.39 is 5.60 Å². The zero-order chi connectivity index (χ0) is 23.0. The van der Waals surface area contributed by atoms with Crippen molar-refractivity contribution in [2.45, 2.75) is 77.0 Å². The van der Waals surface area contributed by atoms with Crippen LogP contribution in [0.5, 0.6) is 0 Å². The molecule has 8 nitrogen and oxygen atoms in total. The van der Waals surface area contributed by atoms with E-state index in [0.29, 0.717) is 24.9 Å². The van der Waals surface area contributed by atoms with Gasteiger partial charge in [-0.25, -0.2) is 14.8 Å². The van der Waals surface area contributed by atoms with Gasteiger partial charge in [0.25, 0.3) is 0 Å². The summed E-state index contributed by atoms with van der Waals surface area (Å²) in [6, 6.07) is 10.0. The van der Waals surface area contributed by atoms with Crippen LogP contribution < -0.4 is 0 Å². The Bertz CT molecular complexity index is 1130. The molecular weight excluding hydrogens is 416 g/mol. The van der Waals surface area contributed by atoms with Gasteiger partial charge in [-0.1, -0.05) is 18.2 Å². The van der Waals surface area contributed by atoms with Crippen molar-refractivity contribution in [2.75, 3.05) is 0 Å². The minimum atomic E-state index is -0.553. The van der Waals surface area contributed by atoms with Gasteiger partial charge in [0, 0.05) is 24.2 Å². The van der Waals surface area contributed by atoms with E-state index in [1.807, 2.05) is 51.4 Å². The Morgan fingerprint density at radius 1 is 0.939 bits per heavy atom. The van der Waals surface area contributed by atoms with Gasteiger partial charge < -0.3 is 4.74 Å². The standard InChI is InChI=1S/C25H30N6O2/c1-25(2,3)33-24(32)30-15-19-7-4-5-8-20(19)31-21(16-30)28-29-23(31)18-11-9-17(10-12-18)22-26-13-6-14-27-22/h4-8,13-14,17-18H,9-12,15-16H2,1-3H3.